The lowest BCUT2D eigenvalue weighted by molar-refractivity contribution is -0.133. The minimum absolute atomic E-state index is 0.214. The van der Waals surface area contributed by atoms with Crippen molar-refractivity contribution in [2.24, 2.45) is 0 Å². The van der Waals surface area contributed by atoms with Gasteiger partial charge in [-0.3, -0.25) is 9.69 Å². The van der Waals surface area contributed by atoms with Crippen molar-refractivity contribution in [1.82, 2.24) is 19.8 Å². The van der Waals surface area contributed by atoms with Gasteiger partial charge in [-0.05, 0) is 18.2 Å². The highest BCUT2D eigenvalue weighted by Crippen LogP contribution is 2.28. The van der Waals surface area contributed by atoms with Gasteiger partial charge in [0.15, 0.2) is 5.58 Å². The number of oxazole rings is 1. The monoisotopic (exact) mass is 415 g/mol. The third-order valence-electron chi connectivity index (χ3n) is 6.52. The molecule has 7 heteroatoms. The van der Waals surface area contributed by atoms with Crippen LogP contribution in [0.3, 0.4) is 0 Å². The maximum Gasteiger partial charge on any atom is 0.298 e. The zero-order valence-electron chi connectivity index (χ0n) is 17.4. The molecule has 0 atom stereocenters. The van der Waals surface area contributed by atoms with E-state index in [0.29, 0.717) is 19.1 Å². The van der Waals surface area contributed by atoms with Crippen LogP contribution in [-0.4, -0.2) is 64.9 Å². The second-order valence-electron chi connectivity index (χ2n) is 8.42. The van der Waals surface area contributed by atoms with E-state index < -0.39 is 0 Å². The van der Waals surface area contributed by atoms with Gasteiger partial charge in [-0.15, -0.1) is 0 Å². The number of hydrogen-bond acceptors (Lipinski definition) is 5. The molecule has 1 N–H and O–H groups in total. The third-order valence-corrected chi connectivity index (χ3v) is 6.52. The van der Waals surface area contributed by atoms with Crippen LogP contribution in [0.5, 0.6) is 0 Å². The summed E-state index contributed by atoms with van der Waals surface area (Å²) in [6, 6.07) is 16.9. The number of benzene rings is 2. The molecule has 4 aromatic rings. The average Bonchev–Trinajstić information content (AvgIpc) is 3.40. The average molecular weight is 415 g/mol. The lowest BCUT2D eigenvalue weighted by atomic mass is 10.0. The summed E-state index contributed by atoms with van der Waals surface area (Å²) in [5, 5.41) is 1.24. The summed E-state index contributed by atoms with van der Waals surface area (Å²) in [6.07, 6.45) is 0.890. The van der Waals surface area contributed by atoms with E-state index in [9.17, 15) is 4.79 Å². The number of fused-ring (bicyclic) bond motifs is 4. The predicted molar refractivity (Wildman–Crippen MR) is 120 cm³/mol. The Morgan fingerprint density at radius 2 is 1.81 bits per heavy atom. The van der Waals surface area contributed by atoms with Crippen LogP contribution < -0.4 is 4.90 Å². The first-order valence-corrected chi connectivity index (χ1v) is 10.9. The summed E-state index contributed by atoms with van der Waals surface area (Å²) in [7, 11) is 0. The Bertz CT molecular complexity index is 1220. The van der Waals surface area contributed by atoms with Crippen molar-refractivity contribution < 1.29 is 9.21 Å². The number of hydrogen-bond donors (Lipinski definition) is 1. The van der Waals surface area contributed by atoms with Crippen molar-refractivity contribution in [2.45, 2.75) is 13.0 Å². The van der Waals surface area contributed by atoms with Gasteiger partial charge < -0.3 is 19.2 Å². The van der Waals surface area contributed by atoms with Crippen molar-refractivity contribution in [3.05, 3.63) is 59.8 Å². The summed E-state index contributed by atoms with van der Waals surface area (Å²) in [4.78, 5) is 27.6. The number of aromatic nitrogens is 2. The van der Waals surface area contributed by atoms with E-state index in [0.717, 1.165) is 55.8 Å². The zero-order valence-corrected chi connectivity index (χ0v) is 17.4. The summed E-state index contributed by atoms with van der Waals surface area (Å²) in [6.45, 7) is 5.23. The van der Waals surface area contributed by atoms with E-state index in [1.54, 1.807) is 0 Å². The molecule has 2 aliphatic heterocycles. The minimum Gasteiger partial charge on any atom is -0.423 e. The highest BCUT2D eigenvalue weighted by Gasteiger charge is 2.27. The van der Waals surface area contributed by atoms with Crippen molar-refractivity contribution in [2.75, 3.05) is 44.2 Å². The topological polar surface area (TPSA) is 68.6 Å². The summed E-state index contributed by atoms with van der Waals surface area (Å²) in [5.74, 6) is 0.214. The molecule has 2 aromatic carbocycles. The first-order chi connectivity index (χ1) is 15.2. The Morgan fingerprint density at radius 3 is 2.68 bits per heavy atom. The molecular formula is C24H25N5O2. The second kappa shape index (κ2) is 7.42. The smallest absolute Gasteiger partial charge is 0.298 e. The van der Waals surface area contributed by atoms with Crippen LogP contribution in [0, 0.1) is 0 Å². The minimum atomic E-state index is 0.214. The molecule has 0 unspecified atom stereocenters. The van der Waals surface area contributed by atoms with E-state index in [-0.39, 0.29) is 5.91 Å². The highest BCUT2D eigenvalue weighted by molar-refractivity contribution is 5.86. The standard InChI is InChI=1S/C24H25N5O2/c30-23(29-10-9-20-18(15-29)17-5-1-2-6-19(17)25-20)16-27-11-13-28(14-12-27)24-26-21-7-3-4-8-22(21)31-24/h1-8,25H,9-16H2. The van der Waals surface area contributed by atoms with E-state index in [1.165, 1.54) is 16.6 Å². The van der Waals surface area contributed by atoms with Gasteiger partial charge in [-0.1, -0.05) is 30.3 Å². The van der Waals surface area contributed by atoms with Crippen LogP contribution in [0.1, 0.15) is 11.3 Å². The Balaban J connectivity index is 1.08. The molecule has 2 aromatic heterocycles. The normalized spacial score (nSPS) is 17.4. The Morgan fingerprint density at radius 1 is 1.00 bits per heavy atom. The van der Waals surface area contributed by atoms with Gasteiger partial charge in [0.25, 0.3) is 6.01 Å². The summed E-state index contributed by atoms with van der Waals surface area (Å²) in [5.41, 5.74) is 5.42. The number of amides is 1. The van der Waals surface area contributed by atoms with Gasteiger partial charge in [-0.2, -0.15) is 4.98 Å². The highest BCUT2D eigenvalue weighted by atomic mass is 16.4. The van der Waals surface area contributed by atoms with E-state index in [2.05, 4.69) is 38.0 Å². The fraction of sp³-hybridized carbons (Fsp3) is 0.333. The second-order valence-corrected chi connectivity index (χ2v) is 8.42. The Labute approximate surface area is 180 Å². The number of rotatable bonds is 3. The predicted octanol–water partition coefficient (Wildman–Crippen LogP) is 3.02. The molecule has 0 aliphatic carbocycles. The lowest BCUT2D eigenvalue weighted by Crippen LogP contribution is -2.50. The molecule has 1 amide bonds. The van der Waals surface area contributed by atoms with Crippen molar-refractivity contribution >= 4 is 33.9 Å². The molecule has 1 fully saturated rings. The first-order valence-electron chi connectivity index (χ1n) is 10.9. The van der Waals surface area contributed by atoms with Crippen molar-refractivity contribution in [3.8, 4) is 0 Å². The maximum atomic E-state index is 13.0. The number of aromatic amines is 1. The summed E-state index contributed by atoms with van der Waals surface area (Å²) < 4.78 is 5.90. The van der Waals surface area contributed by atoms with Crippen molar-refractivity contribution in [3.63, 3.8) is 0 Å². The van der Waals surface area contributed by atoms with E-state index >= 15 is 0 Å². The van der Waals surface area contributed by atoms with Crippen LogP contribution in [0.4, 0.5) is 6.01 Å². The maximum absolute atomic E-state index is 13.0. The van der Waals surface area contributed by atoms with Gasteiger partial charge in [0.05, 0.1) is 6.54 Å². The van der Waals surface area contributed by atoms with E-state index in [4.69, 9.17) is 4.42 Å². The van der Waals surface area contributed by atoms with E-state index in [1.807, 2.05) is 35.2 Å². The van der Waals surface area contributed by atoms with Crippen molar-refractivity contribution in [1.29, 1.82) is 0 Å². The third kappa shape index (κ3) is 3.35. The Kier molecular flexibility index (Phi) is 4.42. The zero-order chi connectivity index (χ0) is 20.8. The Hall–Kier alpha value is -3.32. The van der Waals surface area contributed by atoms with Crippen LogP contribution in [-0.2, 0) is 17.8 Å². The van der Waals surface area contributed by atoms with Crippen LogP contribution in [0.15, 0.2) is 52.9 Å². The number of carbonyl (C=O) groups excluding carboxylic acids is 1. The largest absolute Gasteiger partial charge is 0.423 e. The molecule has 31 heavy (non-hydrogen) atoms. The van der Waals surface area contributed by atoms with Crippen LogP contribution in [0.2, 0.25) is 0 Å². The van der Waals surface area contributed by atoms with Crippen LogP contribution in [0.25, 0.3) is 22.0 Å². The lowest BCUT2D eigenvalue weighted by Gasteiger charge is -2.35. The molecule has 0 spiro atoms. The molecule has 0 bridgehead atoms. The van der Waals surface area contributed by atoms with Gasteiger partial charge in [0.2, 0.25) is 5.91 Å². The number of carbonyl (C=O) groups is 1. The number of nitrogens with one attached hydrogen (secondary N) is 1. The SMILES string of the molecule is O=C(CN1CCN(c2nc3ccccc3o2)CC1)N1CCc2[nH]c3ccccc3c2C1. The number of piperazine rings is 1. The molecule has 7 nitrogen and oxygen atoms in total. The number of H-pyrrole nitrogens is 1. The van der Waals surface area contributed by atoms with Gasteiger partial charge in [-0.25, -0.2) is 0 Å². The molecule has 4 heterocycles. The molecule has 158 valence electrons. The molecule has 0 saturated carbocycles. The number of nitrogens with zero attached hydrogens (tertiary/aromatic N) is 4. The fourth-order valence-electron chi connectivity index (χ4n) is 4.76. The number of para-hydroxylation sites is 3. The molecule has 1 saturated heterocycles. The van der Waals surface area contributed by atoms with Crippen LogP contribution >= 0.6 is 0 Å². The van der Waals surface area contributed by atoms with Gasteiger partial charge in [0.1, 0.15) is 5.52 Å². The molecular weight excluding hydrogens is 390 g/mol. The van der Waals surface area contributed by atoms with Gasteiger partial charge >= 0.3 is 0 Å². The number of anilines is 1. The molecule has 6 rings (SSSR count). The summed E-state index contributed by atoms with van der Waals surface area (Å²) >= 11 is 0. The quantitative estimate of drug-likeness (QED) is 0.557. The first kappa shape index (κ1) is 18.4. The van der Waals surface area contributed by atoms with Gasteiger partial charge in [0, 0.05) is 67.8 Å². The molecule has 2 aliphatic rings. The molecule has 0 radical (unpaired) electrons. The fourth-order valence-corrected chi connectivity index (χ4v) is 4.76.